The van der Waals surface area contributed by atoms with Gasteiger partial charge in [-0.25, -0.2) is 4.39 Å². The quantitative estimate of drug-likeness (QED) is 0.742. The highest BCUT2D eigenvalue weighted by molar-refractivity contribution is 8.04. The van der Waals surface area contributed by atoms with Gasteiger partial charge in [0.25, 0.3) is 0 Å². The molecule has 1 aliphatic rings. The van der Waals surface area contributed by atoms with Gasteiger partial charge in [0.1, 0.15) is 5.82 Å². The Bertz CT molecular complexity index is 705. The first-order valence-electron chi connectivity index (χ1n) is 7.44. The van der Waals surface area contributed by atoms with Crippen molar-refractivity contribution in [2.24, 2.45) is 0 Å². The lowest BCUT2D eigenvalue weighted by atomic mass is 10.1. The highest BCUT2D eigenvalue weighted by Crippen LogP contribution is 2.22. The van der Waals surface area contributed by atoms with Gasteiger partial charge in [0.15, 0.2) is 5.78 Å². The lowest BCUT2D eigenvalue weighted by Crippen LogP contribution is -2.29. The number of aliphatic hydroxyl groups excluding tert-OH is 1. The molecule has 4 nitrogen and oxygen atoms in total. The van der Waals surface area contributed by atoms with Crippen molar-refractivity contribution < 1.29 is 19.1 Å². The van der Waals surface area contributed by atoms with E-state index in [4.69, 9.17) is 0 Å². The summed E-state index contributed by atoms with van der Waals surface area (Å²) in [6, 6.07) is 6.08. The molecule has 0 saturated carbocycles. The number of hydrogen-bond donors (Lipinski definition) is 2. The van der Waals surface area contributed by atoms with Crippen LogP contribution in [0.25, 0.3) is 6.08 Å². The van der Waals surface area contributed by atoms with E-state index in [0.717, 1.165) is 5.56 Å². The average Bonchev–Trinajstić information content (AvgIpc) is 2.54. The molecule has 0 bridgehead atoms. The van der Waals surface area contributed by atoms with E-state index in [-0.39, 0.29) is 29.6 Å². The molecule has 126 valence electrons. The zero-order valence-corrected chi connectivity index (χ0v) is 14.0. The molecule has 0 spiro atoms. The molecule has 1 atom stereocenters. The van der Waals surface area contributed by atoms with E-state index in [9.17, 15) is 19.1 Å². The molecule has 0 amide bonds. The Morgan fingerprint density at radius 3 is 2.58 bits per heavy atom. The van der Waals surface area contributed by atoms with Crippen LogP contribution in [0, 0.1) is 5.82 Å². The van der Waals surface area contributed by atoms with Crippen molar-refractivity contribution in [2.75, 3.05) is 12.3 Å². The maximum absolute atomic E-state index is 12.8. The number of nitrogens with one attached hydrogen (secondary N) is 1. The first kappa shape index (κ1) is 18.2. The van der Waals surface area contributed by atoms with Crippen molar-refractivity contribution in [3.8, 4) is 0 Å². The molecule has 0 heterocycles. The third-order valence-corrected chi connectivity index (χ3v) is 4.14. The zero-order valence-electron chi connectivity index (χ0n) is 13.2. The van der Waals surface area contributed by atoms with E-state index < -0.39 is 6.10 Å². The largest absolute Gasteiger partial charge is 0.392 e. The van der Waals surface area contributed by atoms with Gasteiger partial charge >= 0.3 is 0 Å². The SMILES string of the molecule is CC(O)CNC1=CC(=O)C(SC/C=C/c2ccc(F)cc2)=CC1=O. The van der Waals surface area contributed by atoms with Crippen LogP contribution in [0.4, 0.5) is 4.39 Å². The molecular weight excluding hydrogens is 329 g/mol. The van der Waals surface area contributed by atoms with Crippen LogP contribution in [0.15, 0.2) is 53.1 Å². The van der Waals surface area contributed by atoms with Gasteiger partial charge in [-0.1, -0.05) is 24.3 Å². The number of ketones is 2. The smallest absolute Gasteiger partial charge is 0.203 e. The van der Waals surface area contributed by atoms with Crippen LogP contribution in [-0.4, -0.2) is 35.1 Å². The lowest BCUT2D eigenvalue weighted by molar-refractivity contribution is -0.115. The fourth-order valence-corrected chi connectivity index (χ4v) is 2.71. The first-order valence-corrected chi connectivity index (χ1v) is 8.43. The van der Waals surface area contributed by atoms with Crippen LogP contribution in [0.1, 0.15) is 12.5 Å². The molecule has 1 aromatic rings. The molecule has 6 heteroatoms. The van der Waals surface area contributed by atoms with E-state index in [1.165, 1.54) is 36.0 Å². The number of rotatable bonds is 7. The molecule has 1 aromatic carbocycles. The number of aliphatic hydroxyl groups is 1. The van der Waals surface area contributed by atoms with Gasteiger partial charge < -0.3 is 10.4 Å². The van der Waals surface area contributed by atoms with E-state index in [1.807, 2.05) is 12.2 Å². The van der Waals surface area contributed by atoms with Crippen LogP contribution in [0.2, 0.25) is 0 Å². The molecule has 0 fully saturated rings. The van der Waals surface area contributed by atoms with Crippen molar-refractivity contribution in [3.05, 3.63) is 64.5 Å². The summed E-state index contributed by atoms with van der Waals surface area (Å²) in [6.45, 7) is 1.80. The van der Waals surface area contributed by atoms with Gasteiger partial charge in [-0.15, -0.1) is 11.8 Å². The van der Waals surface area contributed by atoms with Gasteiger partial charge in [0.2, 0.25) is 5.78 Å². The Hall–Kier alpha value is -2.18. The fourth-order valence-electron chi connectivity index (χ4n) is 1.95. The number of carbonyl (C=O) groups is 2. The molecule has 1 aliphatic carbocycles. The molecule has 0 radical (unpaired) electrons. The van der Waals surface area contributed by atoms with Crippen molar-refractivity contribution in [3.63, 3.8) is 0 Å². The Balaban J connectivity index is 1.87. The third kappa shape index (κ3) is 5.47. The summed E-state index contributed by atoms with van der Waals surface area (Å²) in [5.41, 5.74) is 1.06. The Morgan fingerprint density at radius 2 is 1.92 bits per heavy atom. The molecule has 2 rings (SSSR count). The normalized spacial score (nSPS) is 16.1. The van der Waals surface area contributed by atoms with Gasteiger partial charge in [-0.2, -0.15) is 0 Å². The van der Waals surface area contributed by atoms with E-state index >= 15 is 0 Å². The fraction of sp³-hybridized carbons (Fsp3) is 0.222. The topological polar surface area (TPSA) is 66.4 Å². The van der Waals surface area contributed by atoms with Gasteiger partial charge in [0.05, 0.1) is 16.7 Å². The summed E-state index contributed by atoms with van der Waals surface area (Å²) < 4.78 is 12.8. The summed E-state index contributed by atoms with van der Waals surface area (Å²) in [6.07, 6.45) is 5.64. The minimum atomic E-state index is -0.606. The number of allylic oxidation sites excluding steroid dienone is 3. The maximum atomic E-state index is 12.8. The molecule has 1 unspecified atom stereocenters. The lowest BCUT2D eigenvalue weighted by Gasteiger charge is -2.14. The Kier molecular flexibility index (Phi) is 6.52. The van der Waals surface area contributed by atoms with Crippen LogP contribution < -0.4 is 5.32 Å². The van der Waals surface area contributed by atoms with E-state index in [0.29, 0.717) is 10.7 Å². The average molecular weight is 347 g/mol. The second-order valence-electron chi connectivity index (χ2n) is 5.29. The van der Waals surface area contributed by atoms with Crippen LogP contribution in [-0.2, 0) is 9.59 Å². The number of benzene rings is 1. The van der Waals surface area contributed by atoms with Crippen molar-refractivity contribution >= 4 is 29.4 Å². The van der Waals surface area contributed by atoms with Gasteiger partial charge in [0, 0.05) is 24.4 Å². The standard InChI is InChI=1S/C18H18FNO3S/c1-12(21)11-20-15-9-17(23)18(10-16(15)22)24-8-2-3-13-4-6-14(19)7-5-13/h2-7,9-10,12,20-21H,8,11H2,1H3/b3-2+. The molecule has 0 aliphatic heterocycles. The maximum Gasteiger partial charge on any atom is 0.203 e. The van der Waals surface area contributed by atoms with Crippen molar-refractivity contribution in [2.45, 2.75) is 13.0 Å². The second-order valence-corrected chi connectivity index (χ2v) is 6.35. The van der Waals surface area contributed by atoms with Crippen LogP contribution in [0.3, 0.4) is 0 Å². The third-order valence-electron chi connectivity index (χ3n) is 3.15. The molecule has 0 aromatic heterocycles. The van der Waals surface area contributed by atoms with Crippen LogP contribution >= 0.6 is 11.8 Å². The predicted octanol–water partition coefficient (Wildman–Crippen LogP) is 2.46. The summed E-state index contributed by atoms with van der Waals surface area (Å²) >= 11 is 1.27. The highest BCUT2D eigenvalue weighted by Gasteiger charge is 2.20. The minimum absolute atomic E-state index is 0.201. The highest BCUT2D eigenvalue weighted by atomic mass is 32.2. The Labute approximate surface area is 144 Å². The number of halogens is 1. The second kappa shape index (κ2) is 8.61. The van der Waals surface area contributed by atoms with Gasteiger partial charge in [-0.05, 0) is 24.6 Å². The molecular formula is C18H18FNO3S. The van der Waals surface area contributed by atoms with Crippen LogP contribution in [0.5, 0.6) is 0 Å². The number of carbonyl (C=O) groups excluding carboxylic acids is 2. The minimum Gasteiger partial charge on any atom is -0.392 e. The molecule has 0 saturated heterocycles. The summed E-state index contributed by atoms with van der Waals surface area (Å²) in [5.74, 6) is -0.278. The zero-order chi connectivity index (χ0) is 17.5. The van der Waals surface area contributed by atoms with E-state index in [2.05, 4.69) is 5.32 Å². The predicted molar refractivity (Wildman–Crippen MR) is 93.8 cm³/mol. The summed E-state index contributed by atoms with van der Waals surface area (Å²) in [5, 5.41) is 12.0. The Morgan fingerprint density at radius 1 is 1.21 bits per heavy atom. The number of hydrogen-bond acceptors (Lipinski definition) is 5. The molecule has 24 heavy (non-hydrogen) atoms. The van der Waals surface area contributed by atoms with Crippen molar-refractivity contribution in [1.82, 2.24) is 5.32 Å². The monoisotopic (exact) mass is 347 g/mol. The number of thioether (sulfide) groups is 1. The van der Waals surface area contributed by atoms with Crippen molar-refractivity contribution in [1.29, 1.82) is 0 Å². The summed E-state index contributed by atoms with van der Waals surface area (Å²) in [4.78, 5) is 24.3. The molecule has 2 N–H and O–H groups in total. The van der Waals surface area contributed by atoms with E-state index in [1.54, 1.807) is 19.1 Å². The van der Waals surface area contributed by atoms with Gasteiger partial charge in [-0.3, -0.25) is 9.59 Å². The first-order chi connectivity index (χ1) is 11.5. The summed E-state index contributed by atoms with van der Waals surface area (Å²) in [7, 11) is 0.